The summed E-state index contributed by atoms with van der Waals surface area (Å²) >= 11 is 0. The van der Waals surface area contributed by atoms with Crippen molar-refractivity contribution in [2.75, 3.05) is 46.7 Å². The van der Waals surface area contributed by atoms with Crippen molar-refractivity contribution in [2.45, 2.75) is 20.0 Å². The van der Waals surface area contributed by atoms with Crippen LogP contribution in [0.15, 0.2) is 6.33 Å². The molecule has 1 heterocycles. The fourth-order valence-corrected chi connectivity index (χ4v) is 1.46. The van der Waals surface area contributed by atoms with Crippen LogP contribution in [0.2, 0.25) is 0 Å². The Bertz CT molecular complexity index is 320. The van der Waals surface area contributed by atoms with Crippen LogP contribution < -0.4 is 5.32 Å². The normalized spacial score (nSPS) is 11.1. The average molecular weight is 272 g/mol. The van der Waals surface area contributed by atoms with E-state index >= 15 is 0 Å². The van der Waals surface area contributed by atoms with E-state index in [1.165, 1.54) is 0 Å². The van der Waals surface area contributed by atoms with Crippen LogP contribution in [0.25, 0.3) is 0 Å². The fraction of sp³-hybridized carbons (Fsp3) is 0.833. The maximum absolute atomic E-state index is 5.47. The number of rotatable bonds is 12. The Balaban J connectivity index is 2.04. The van der Waals surface area contributed by atoms with E-state index in [1.807, 2.05) is 4.68 Å². The molecule has 0 atom stereocenters. The minimum absolute atomic E-state index is 0.584. The molecule has 0 aliphatic heterocycles. The predicted octanol–water partition coefficient (Wildman–Crippen LogP) is 0.0672. The molecule has 19 heavy (non-hydrogen) atoms. The van der Waals surface area contributed by atoms with Gasteiger partial charge in [-0.25, -0.2) is 9.67 Å². The van der Waals surface area contributed by atoms with Crippen LogP contribution in [0, 0.1) is 0 Å². The Hall–Kier alpha value is -1.02. The lowest BCUT2D eigenvalue weighted by Gasteiger charge is -2.08. The van der Waals surface area contributed by atoms with Crippen molar-refractivity contribution in [3.8, 4) is 0 Å². The molecule has 0 bridgehead atoms. The first-order chi connectivity index (χ1) is 9.38. The third kappa shape index (κ3) is 7.22. The molecule has 110 valence electrons. The lowest BCUT2D eigenvalue weighted by molar-refractivity contribution is 0.0224. The van der Waals surface area contributed by atoms with Crippen LogP contribution in [0.3, 0.4) is 0 Å². The third-order valence-corrected chi connectivity index (χ3v) is 2.48. The number of aromatic nitrogens is 3. The van der Waals surface area contributed by atoms with Gasteiger partial charge in [0.2, 0.25) is 0 Å². The summed E-state index contributed by atoms with van der Waals surface area (Å²) in [5.41, 5.74) is 0. The molecule has 1 N–H and O–H groups in total. The summed E-state index contributed by atoms with van der Waals surface area (Å²) in [5.74, 6) is 0.932. The molecule has 0 amide bonds. The van der Waals surface area contributed by atoms with Crippen molar-refractivity contribution in [3.63, 3.8) is 0 Å². The van der Waals surface area contributed by atoms with Gasteiger partial charge in [0, 0.05) is 7.11 Å². The van der Waals surface area contributed by atoms with E-state index in [0.717, 1.165) is 18.9 Å². The first kappa shape index (κ1) is 16.0. The zero-order valence-corrected chi connectivity index (χ0v) is 11.8. The molecule has 7 heteroatoms. The molecule has 0 aliphatic carbocycles. The van der Waals surface area contributed by atoms with Gasteiger partial charge in [-0.15, -0.1) is 0 Å². The summed E-state index contributed by atoms with van der Waals surface area (Å²) in [4.78, 5) is 4.20. The van der Waals surface area contributed by atoms with Crippen molar-refractivity contribution >= 4 is 0 Å². The summed E-state index contributed by atoms with van der Waals surface area (Å²) in [6, 6.07) is 0. The highest BCUT2D eigenvalue weighted by molar-refractivity contribution is 4.83. The number of methoxy groups -OCH3 is 1. The fourth-order valence-electron chi connectivity index (χ4n) is 1.46. The SMILES string of the molecule is CCNCc1ncnn1CCOCCOCCOC. The smallest absolute Gasteiger partial charge is 0.140 e. The first-order valence-electron chi connectivity index (χ1n) is 6.60. The largest absolute Gasteiger partial charge is 0.382 e. The van der Waals surface area contributed by atoms with Gasteiger partial charge in [-0.1, -0.05) is 6.92 Å². The van der Waals surface area contributed by atoms with Gasteiger partial charge in [-0.2, -0.15) is 5.10 Å². The molecule has 0 radical (unpaired) electrons. The summed E-state index contributed by atoms with van der Waals surface area (Å²) in [7, 11) is 1.66. The molecule has 0 unspecified atom stereocenters. The highest BCUT2D eigenvalue weighted by Crippen LogP contribution is 1.94. The predicted molar refractivity (Wildman–Crippen MR) is 70.9 cm³/mol. The molecule has 0 aromatic carbocycles. The number of hydrogen-bond acceptors (Lipinski definition) is 6. The second-order valence-corrected chi connectivity index (χ2v) is 3.90. The molecule has 1 aromatic heterocycles. The third-order valence-electron chi connectivity index (χ3n) is 2.48. The van der Waals surface area contributed by atoms with E-state index in [2.05, 4.69) is 22.3 Å². The van der Waals surface area contributed by atoms with Crippen molar-refractivity contribution in [3.05, 3.63) is 12.2 Å². The molecular weight excluding hydrogens is 248 g/mol. The first-order valence-corrected chi connectivity index (χ1v) is 6.60. The molecular formula is C12H24N4O3. The summed E-state index contributed by atoms with van der Waals surface area (Å²) in [6.45, 7) is 7.43. The number of ether oxygens (including phenoxy) is 3. The monoisotopic (exact) mass is 272 g/mol. The van der Waals surface area contributed by atoms with Gasteiger partial charge in [0.05, 0.1) is 46.1 Å². The van der Waals surface area contributed by atoms with Crippen molar-refractivity contribution in [1.29, 1.82) is 0 Å². The maximum Gasteiger partial charge on any atom is 0.140 e. The molecule has 7 nitrogen and oxygen atoms in total. The van der Waals surface area contributed by atoms with Crippen molar-refractivity contribution in [1.82, 2.24) is 20.1 Å². The second kappa shape index (κ2) is 10.9. The second-order valence-electron chi connectivity index (χ2n) is 3.90. The van der Waals surface area contributed by atoms with Crippen molar-refractivity contribution < 1.29 is 14.2 Å². The molecule has 0 spiro atoms. The molecule has 0 fully saturated rings. The van der Waals surface area contributed by atoms with Gasteiger partial charge in [-0.3, -0.25) is 0 Å². The van der Waals surface area contributed by atoms with Crippen LogP contribution >= 0.6 is 0 Å². The Morgan fingerprint density at radius 3 is 2.63 bits per heavy atom. The standard InChI is InChI=1S/C12H24N4O3/c1-3-13-10-12-14-11-15-16(12)4-5-18-8-9-19-7-6-17-2/h11,13H,3-10H2,1-2H3. The molecule has 0 saturated carbocycles. The zero-order valence-electron chi connectivity index (χ0n) is 11.8. The van der Waals surface area contributed by atoms with Gasteiger partial charge in [0.15, 0.2) is 0 Å². The summed E-state index contributed by atoms with van der Waals surface area (Å²) in [6.07, 6.45) is 1.57. The Morgan fingerprint density at radius 2 is 1.89 bits per heavy atom. The van der Waals surface area contributed by atoms with E-state index in [-0.39, 0.29) is 0 Å². The van der Waals surface area contributed by atoms with Gasteiger partial charge in [0.25, 0.3) is 0 Å². The molecule has 0 aliphatic rings. The topological polar surface area (TPSA) is 70.4 Å². The Kier molecular flexibility index (Phi) is 9.17. The van der Waals surface area contributed by atoms with Crippen LogP contribution in [0.4, 0.5) is 0 Å². The van der Waals surface area contributed by atoms with Crippen LogP contribution in [0.1, 0.15) is 12.7 Å². The van der Waals surface area contributed by atoms with E-state index < -0.39 is 0 Å². The zero-order chi connectivity index (χ0) is 13.8. The van der Waals surface area contributed by atoms with Gasteiger partial charge in [-0.05, 0) is 6.54 Å². The van der Waals surface area contributed by atoms with E-state index in [0.29, 0.717) is 39.6 Å². The van der Waals surface area contributed by atoms with Crippen LogP contribution in [0.5, 0.6) is 0 Å². The van der Waals surface area contributed by atoms with E-state index in [1.54, 1.807) is 13.4 Å². The average Bonchev–Trinajstić information content (AvgIpc) is 2.87. The van der Waals surface area contributed by atoms with Crippen LogP contribution in [-0.4, -0.2) is 61.5 Å². The Labute approximate surface area is 114 Å². The molecule has 1 rings (SSSR count). The highest BCUT2D eigenvalue weighted by Gasteiger charge is 2.02. The van der Waals surface area contributed by atoms with Crippen molar-refractivity contribution in [2.24, 2.45) is 0 Å². The number of nitrogens with one attached hydrogen (secondary N) is 1. The van der Waals surface area contributed by atoms with E-state index in [4.69, 9.17) is 14.2 Å². The Morgan fingerprint density at radius 1 is 1.16 bits per heavy atom. The lowest BCUT2D eigenvalue weighted by Crippen LogP contribution is -2.19. The molecule has 1 aromatic rings. The quantitative estimate of drug-likeness (QED) is 0.543. The van der Waals surface area contributed by atoms with E-state index in [9.17, 15) is 0 Å². The lowest BCUT2D eigenvalue weighted by atomic mass is 10.5. The minimum Gasteiger partial charge on any atom is -0.382 e. The van der Waals surface area contributed by atoms with Crippen LogP contribution in [-0.2, 0) is 27.3 Å². The maximum atomic E-state index is 5.47. The summed E-state index contributed by atoms with van der Waals surface area (Å²) in [5, 5.41) is 7.39. The molecule has 0 saturated heterocycles. The highest BCUT2D eigenvalue weighted by atomic mass is 16.5. The number of nitrogens with zero attached hydrogens (tertiary/aromatic N) is 3. The number of hydrogen-bond donors (Lipinski definition) is 1. The minimum atomic E-state index is 0.584. The van der Waals surface area contributed by atoms with Gasteiger partial charge < -0.3 is 19.5 Å². The van der Waals surface area contributed by atoms with Gasteiger partial charge in [0.1, 0.15) is 12.2 Å². The van der Waals surface area contributed by atoms with Gasteiger partial charge >= 0.3 is 0 Å². The summed E-state index contributed by atoms with van der Waals surface area (Å²) < 4.78 is 17.5.